The van der Waals surface area contributed by atoms with E-state index in [0.29, 0.717) is 5.92 Å². The minimum absolute atomic E-state index is 0.0660. The summed E-state index contributed by atoms with van der Waals surface area (Å²) in [6.07, 6.45) is 1.64. The molecule has 0 saturated carbocycles. The predicted octanol–water partition coefficient (Wildman–Crippen LogP) is 1.44. The zero-order valence-electron chi connectivity index (χ0n) is 7.42. The number of hydrogen-bond acceptors (Lipinski definition) is 2. The van der Waals surface area contributed by atoms with Crippen molar-refractivity contribution >= 4 is 5.69 Å². The van der Waals surface area contributed by atoms with Crippen molar-refractivity contribution in [3.8, 4) is 0 Å². The van der Waals surface area contributed by atoms with E-state index in [2.05, 4.69) is 24.1 Å². The number of H-pyrrole nitrogens is 1. The second-order valence-corrected chi connectivity index (χ2v) is 3.22. The topological polar surface area (TPSA) is 44.9 Å². The van der Waals surface area contributed by atoms with Crippen LogP contribution in [0, 0.1) is 5.92 Å². The summed E-state index contributed by atoms with van der Waals surface area (Å²) >= 11 is 0. The average Bonchev–Trinajstić information content (AvgIpc) is 2.01. The third-order valence-corrected chi connectivity index (χ3v) is 1.49. The number of aromatic nitrogens is 1. The van der Waals surface area contributed by atoms with Crippen molar-refractivity contribution in [3.05, 3.63) is 28.7 Å². The van der Waals surface area contributed by atoms with Crippen molar-refractivity contribution < 1.29 is 0 Å². The highest BCUT2D eigenvalue weighted by atomic mass is 16.1. The number of anilines is 1. The van der Waals surface area contributed by atoms with Gasteiger partial charge in [0.2, 0.25) is 5.56 Å². The van der Waals surface area contributed by atoms with Crippen LogP contribution in [0.3, 0.4) is 0 Å². The van der Waals surface area contributed by atoms with Crippen LogP contribution in [0.1, 0.15) is 13.8 Å². The molecule has 0 saturated heterocycles. The van der Waals surface area contributed by atoms with E-state index in [9.17, 15) is 4.79 Å². The lowest BCUT2D eigenvalue weighted by Gasteiger charge is -2.07. The Kier molecular flexibility index (Phi) is 2.91. The molecule has 0 aliphatic rings. The average molecular weight is 166 g/mol. The smallest absolute Gasteiger partial charge is 0.249 e. The van der Waals surface area contributed by atoms with Crippen LogP contribution in [0.5, 0.6) is 0 Å². The summed E-state index contributed by atoms with van der Waals surface area (Å²) in [6.45, 7) is 5.14. The number of rotatable bonds is 3. The number of nitrogens with one attached hydrogen (secondary N) is 2. The fourth-order valence-corrected chi connectivity index (χ4v) is 0.877. The lowest BCUT2D eigenvalue weighted by atomic mass is 10.2. The van der Waals surface area contributed by atoms with Crippen molar-refractivity contribution in [2.24, 2.45) is 5.92 Å². The molecule has 1 aromatic rings. The van der Waals surface area contributed by atoms with Gasteiger partial charge in [0.1, 0.15) is 0 Å². The molecule has 0 atom stereocenters. The molecule has 0 spiro atoms. The van der Waals surface area contributed by atoms with Crippen molar-refractivity contribution in [2.75, 3.05) is 11.9 Å². The molecule has 12 heavy (non-hydrogen) atoms. The summed E-state index contributed by atoms with van der Waals surface area (Å²) in [5.41, 5.74) is 0.816. The third-order valence-electron chi connectivity index (χ3n) is 1.49. The molecule has 0 aromatic carbocycles. The highest BCUT2D eigenvalue weighted by Crippen LogP contribution is 2.01. The fraction of sp³-hybridized carbons (Fsp3) is 0.444. The highest BCUT2D eigenvalue weighted by molar-refractivity contribution is 5.40. The predicted molar refractivity (Wildman–Crippen MR) is 50.4 cm³/mol. The summed E-state index contributed by atoms with van der Waals surface area (Å²) in [4.78, 5) is 13.4. The molecular weight excluding hydrogens is 152 g/mol. The van der Waals surface area contributed by atoms with Crippen molar-refractivity contribution in [3.63, 3.8) is 0 Å². The molecule has 0 radical (unpaired) electrons. The minimum atomic E-state index is -0.0660. The lowest BCUT2D eigenvalue weighted by molar-refractivity contribution is 0.689. The highest BCUT2D eigenvalue weighted by Gasteiger charge is 1.94. The van der Waals surface area contributed by atoms with E-state index in [1.807, 2.05) is 6.07 Å². The summed E-state index contributed by atoms with van der Waals surface area (Å²) < 4.78 is 0. The Hall–Kier alpha value is -1.25. The molecule has 2 N–H and O–H groups in total. The Morgan fingerprint density at radius 1 is 1.58 bits per heavy atom. The van der Waals surface area contributed by atoms with Crippen LogP contribution in [-0.4, -0.2) is 11.5 Å². The van der Waals surface area contributed by atoms with Gasteiger partial charge in [-0.3, -0.25) is 4.79 Å². The van der Waals surface area contributed by atoms with Gasteiger partial charge in [0.25, 0.3) is 0 Å². The van der Waals surface area contributed by atoms with Gasteiger partial charge in [0.05, 0.1) is 0 Å². The summed E-state index contributed by atoms with van der Waals surface area (Å²) in [5, 5.41) is 3.16. The summed E-state index contributed by atoms with van der Waals surface area (Å²) in [6, 6.07) is 3.41. The van der Waals surface area contributed by atoms with Gasteiger partial charge in [0.15, 0.2) is 0 Å². The Labute approximate surface area is 71.8 Å². The van der Waals surface area contributed by atoms with Gasteiger partial charge in [0, 0.05) is 24.5 Å². The van der Waals surface area contributed by atoms with Gasteiger partial charge in [-0.25, -0.2) is 0 Å². The van der Waals surface area contributed by atoms with Crippen LogP contribution in [-0.2, 0) is 0 Å². The summed E-state index contributed by atoms with van der Waals surface area (Å²) in [5.74, 6) is 0.587. The third kappa shape index (κ3) is 2.78. The molecule has 3 nitrogen and oxygen atoms in total. The zero-order valence-corrected chi connectivity index (χ0v) is 7.42. The Balaban J connectivity index is 2.58. The molecule has 3 heteroatoms. The molecule has 1 aromatic heterocycles. The van der Waals surface area contributed by atoms with E-state index in [4.69, 9.17) is 0 Å². The maximum absolute atomic E-state index is 10.8. The number of hydrogen-bond donors (Lipinski definition) is 2. The lowest BCUT2D eigenvalue weighted by Crippen LogP contribution is -2.11. The van der Waals surface area contributed by atoms with Crippen LogP contribution in [0.15, 0.2) is 23.1 Å². The first kappa shape index (κ1) is 8.84. The number of pyridine rings is 1. The molecule has 0 fully saturated rings. The molecule has 1 heterocycles. The van der Waals surface area contributed by atoms with Crippen LogP contribution in [0.25, 0.3) is 0 Å². The van der Waals surface area contributed by atoms with E-state index < -0.39 is 0 Å². The van der Waals surface area contributed by atoms with E-state index in [0.717, 1.165) is 12.2 Å². The first-order chi connectivity index (χ1) is 5.68. The number of aromatic amines is 1. The van der Waals surface area contributed by atoms with Crippen LogP contribution < -0.4 is 10.9 Å². The van der Waals surface area contributed by atoms with Crippen molar-refractivity contribution in [1.29, 1.82) is 0 Å². The van der Waals surface area contributed by atoms with Gasteiger partial charge in [-0.2, -0.15) is 0 Å². The molecule has 0 unspecified atom stereocenters. The van der Waals surface area contributed by atoms with Gasteiger partial charge in [-0.05, 0) is 12.0 Å². The largest absolute Gasteiger partial charge is 0.385 e. The van der Waals surface area contributed by atoms with Gasteiger partial charge in [-0.15, -0.1) is 0 Å². The van der Waals surface area contributed by atoms with Crippen LogP contribution in [0.2, 0.25) is 0 Å². The molecule has 0 bridgehead atoms. The standard InChI is InChI=1S/C9H14N2O/c1-7(2)6-11-8-3-4-10-9(12)5-8/h3-5,7H,6H2,1-2H3,(H2,10,11,12). The van der Waals surface area contributed by atoms with Crippen molar-refractivity contribution in [1.82, 2.24) is 4.98 Å². The van der Waals surface area contributed by atoms with Crippen LogP contribution >= 0.6 is 0 Å². The van der Waals surface area contributed by atoms with Gasteiger partial charge >= 0.3 is 0 Å². The molecule has 0 aliphatic carbocycles. The first-order valence-electron chi connectivity index (χ1n) is 4.11. The normalized spacial score (nSPS) is 10.2. The Morgan fingerprint density at radius 3 is 2.92 bits per heavy atom. The maximum Gasteiger partial charge on any atom is 0.249 e. The van der Waals surface area contributed by atoms with E-state index in [1.54, 1.807) is 12.3 Å². The summed E-state index contributed by atoms with van der Waals surface area (Å²) in [7, 11) is 0. The second kappa shape index (κ2) is 3.95. The van der Waals surface area contributed by atoms with Gasteiger partial charge < -0.3 is 10.3 Å². The SMILES string of the molecule is CC(C)CNc1cc[nH]c(=O)c1. The second-order valence-electron chi connectivity index (χ2n) is 3.22. The van der Waals surface area contributed by atoms with E-state index in [-0.39, 0.29) is 5.56 Å². The Morgan fingerprint density at radius 2 is 2.33 bits per heavy atom. The van der Waals surface area contributed by atoms with Crippen molar-refractivity contribution in [2.45, 2.75) is 13.8 Å². The van der Waals surface area contributed by atoms with E-state index >= 15 is 0 Å². The van der Waals surface area contributed by atoms with Gasteiger partial charge in [-0.1, -0.05) is 13.8 Å². The molecule has 0 aliphatic heterocycles. The monoisotopic (exact) mass is 166 g/mol. The molecule has 0 amide bonds. The van der Waals surface area contributed by atoms with E-state index in [1.165, 1.54) is 0 Å². The first-order valence-corrected chi connectivity index (χ1v) is 4.11. The zero-order chi connectivity index (χ0) is 8.97. The quantitative estimate of drug-likeness (QED) is 0.713. The molecule has 1 rings (SSSR count). The molecular formula is C9H14N2O. The molecule has 66 valence electrons. The Bertz CT molecular complexity index is 291. The minimum Gasteiger partial charge on any atom is -0.385 e. The van der Waals surface area contributed by atoms with Crippen LogP contribution in [0.4, 0.5) is 5.69 Å². The maximum atomic E-state index is 10.8. The fourth-order valence-electron chi connectivity index (χ4n) is 0.877.